The first-order chi connectivity index (χ1) is 10.7. The number of ether oxygens (including phenoxy) is 1. The Kier molecular flexibility index (Phi) is 6.03. The van der Waals surface area contributed by atoms with Gasteiger partial charge in [0.2, 0.25) is 0 Å². The van der Waals surface area contributed by atoms with Gasteiger partial charge in [-0.2, -0.15) is 0 Å². The van der Waals surface area contributed by atoms with Crippen molar-refractivity contribution in [2.45, 2.75) is 0 Å². The van der Waals surface area contributed by atoms with Crippen molar-refractivity contribution in [3.63, 3.8) is 0 Å². The molecular formula is C16H17ClN2O3. The van der Waals surface area contributed by atoms with Gasteiger partial charge in [0.15, 0.2) is 0 Å². The van der Waals surface area contributed by atoms with Gasteiger partial charge in [0.25, 0.3) is 5.91 Å². The molecule has 0 fully saturated rings. The van der Waals surface area contributed by atoms with Crippen LogP contribution in [-0.2, 0) is 4.74 Å². The van der Waals surface area contributed by atoms with Gasteiger partial charge < -0.3 is 15.4 Å². The number of hydrogen-bond acceptors (Lipinski definition) is 3. The van der Waals surface area contributed by atoms with Crippen LogP contribution in [0.15, 0.2) is 42.5 Å². The molecule has 0 saturated carbocycles. The van der Waals surface area contributed by atoms with E-state index in [9.17, 15) is 9.59 Å². The number of nitrogens with one attached hydrogen (secondary N) is 2. The molecule has 2 aromatic rings. The van der Waals surface area contributed by atoms with Crippen LogP contribution in [0, 0.1) is 0 Å². The third kappa shape index (κ3) is 4.36. The normalized spacial score (nSPS) is 10.2. The molecule has 2 aromatic carbocycles. The monoisotopic (exact) mass is 320 g/mol. The summed E-state index contributed by atoms with van der Waals surface area (Å²) in [5, 5.41) is 7.21. The Morgan fingerprint density at radius 3 is 2.55 bits per heavy atom. The lowest BCUT2D eigenvalue weighted by Crippen LogP contribution is -2.35. The summed E-state index contributed by atoms with van der Waals surface area (Å²) in [5.41, 5.74) is 0.614. The van der Waals surface area contributed by atoms with Crippen LogP contribution in [-0.4, -0.2) is 37.6 Å². The maximum absolute atomic E-state index is 12.2. The maximum atomic E-state index is 12.2. The van der Waals surface area contributed by atoms with E-state index >= 15 is 0 Å². The van der Waals surface area contributed by atoms with E-state index in [1.807, 2.05) is 36.4 Å². The molecule has 0 bridgehead atoms. The van der Waals surface area contributed by atoms with E-state index in [1.54, 1.807) is 6.07 Å². The molecule has 116 valence electrons. The fraction of sp³-hybridized carbons (Fsp3) is 0.250. The van der Waals surface area contributed by atoms with Crippen LogP contribution in [0.25, 0.3) is 10.8 Å². The summed E-state index contributed by atoms with van der Waals surface area (Å²) in [6.07, 6.45) is -0.542. The highest BCUT2D eigenvalue weighted by Gasteiger charge is 2.09. The quantitative estimate of drug-likeness (QED) is 0.635. The number of rotatable bonds is 6. The highest BCUT2D eigenvalue weighted by atomic mass is 35.5. The van der Waals surface area contributed by atoms with Gasteiger partial charge >= 0.3 is 6.09 Å². The average Bonchev–Trinajstić information content (AvgIpc) is 2.56. The van der Waals surface area contributed by atoms with Gasteiger partial charge in [-0.25, -0.2) is 4.79 Å². The summed E-state index contributed by atoms with van der Waals surface area (Å²) in [4.78, 5) is 23.4. The fourth-order valence-electron chi connectivity index (χ4n) is 2.04. The number of amides is 2. The summed E-state index contributed by atoms with van der Waals surface area (Å²) >= 11 is 5.40. The van der Waals surface area contributed by atoms with Gasteiger partial charge in [0.1, 0.15) is 6.61 Å². The van der Waals surface area contributed by atoms with Crippen molar-refractivity contribution in [1.82, 2.24) is 10.6 Å². The summed E-state index contributed by atoms with van der Waals surface area (Å²) in [6, 6.07) is 13.3. The van der Waals surface area contributed by atoms with E-state index < -0.39 is 6.09 Å². The second kappa shape index (κ2) is 8.24. The SMILES string of the molecule is O=C(NCCNC(=O)c1cccc2ccccc12)OCCCl. The third-order valence-corrected chi connectivity index (χ3v) is 3.18. The Bertz CT molecular complexity index is 655. The Labute approximate surface area is 133 Å². The molecule has 0 radical (unpaired) electrons. The average molecular weight is 321 g/mol. The molecule has 0 aliphatic heterocycles. The zero-order chi connectivity index (χ0) is 15.8. The van der Waals surface area contributed by atoms with E-state index in [4.69, 9.17) is 16.3 Å². The molecule has 0 saturated heterocycles. The van der Waals surface area contributed by atoms with Crippen LogP contribution in [0.1, 0.15) is 10.4 Å². The predicted octanol–water partition coefficient (Wildman–Crippen LogP) is 2.53. The minimum absolute atomic E-state index is 0.162. The van der Waals surface area contributed by atoms with E-state index in [0.717, 1.165) is 10.8 Å². The molecule has 2 N–H and O–H groups in total. The van der Waals surface area contributed by atoms with Crippen molar-refractivity contribution in [2.75, 3.05) is 25.6 Å². The highest BCUT2D eigenvalue weighted by Crippen LogP contribution is 2.18. The molecule has 0 heterocycles. The van der Waals surface area contributed by atoms with Gasteiger partial charge in [-0.15, -0.1) is 11.6 Å². The molecule has 2 rings (SSSR count). The molecule has 6 heteroatoms. The van der Waals surface area contributed by atoms with Gasteiger partial charge in [-0.3, -0.25) is 4.79 Å². The number of alkyl halides is 1. The Morgan fingerprint density at radius 2 is 1.73 bits per heavy atom. The predicted molar refractivity (Wildman–Crippen MR) is 86.4 cm³/mol. The molecule has 0 spiro atoms. The van der Waals surface area contributed by atoms with Crippen LogP contribution in [0.5, 0.6) is 0 Å². The second-order valence-electron chi connectivity index (χ2n) is 4.53. The molecular weight excluding hydrogens is 304 g/mol. The summed E-state index contributed by atoms with van der Waals surface area (Å²) in [7, 11) is 0. The number of alkyl carbamates (subject to hydrolysis) is 1. The number of benzene rings is 2. The number of hydrogen-bond donors (Lipinski definition) is 2. The summed E-state index contributed by atoms with van der Waals surface area (Å²) in [5.74, 6) is 0.0818. The van der Waals surface area contributed by atoms with Crippen molar-refractivity contribution < 1.29 is 14.3 Å². The topological polar surface area (TPSA) is 67.4 Å². The molecule has 0 unspecified atom stereocenters. The van der Waals surface area contributed by atoms with Crippen LogP contribution in [0.3, 0.4) is 0 Å². The van der Waals surface area contributed by atoms with Crippen molar-refractivity contribution >= 4 is 34.4 Å². The minimum Gasteiger partial charge on any atom is -0.448 e. The van der Waals surface area contributed by atoms with Crippen molar-refractivity contribution in [3.8, 4) is 0 Å². The fourth-order valence-corrected chi connectivity index (χ4v) is 2.12. The number of fused-ring (bicyclic) bond motifs is 1. The molecule has 0 aliphatic carbocycles. The maximum Gasteiger partial charge on any atom is 0.407 e. The van der Waals surface area contributed by atoms with E-state index in [0.29, 0.717) is 12.1 Å². The molecule has 0 aliphatic rings. The molecule has 0 atom stereocenters. The number of halogens is 1. The van der Waals surface area contributed by atoms with Crippen LogP contribution in [0.4, 0.5) is 4.79 Å². The van der Waals surface area contributed by atoms with Gasteiger partial charge in [0, 0.05) is 18.7 Å². The minimum atomic E-state index is -0.542. The molecule has 5 nitrogen and oxygen atoms in total. The van der Waals surface area contributed by atoms with Crippen LogP contribution in [0.2, 0.25) is 0 Å². The Hall–Kier alpha value is -2.27. The lowest BCUT2D eigenvalue weighted by Gasteiger charge is -2.09. The molecule has 0 aromatic heterocycles. The Morgan fingerprint density at radius 1 is 1.00 bits per heavy atom. The summed E-state index contributed by atoms with van der Waals surface area (Å²) < 4.78 is 4.75. The highest BCUT2D eigenvalue weighted by molar-refractivity contribution is 6.18. The number of carbonyl (C=O) groups excluding carboxylic acids is 2. The molecule has 22 heavy (non-hydrogen) atoms. The first-order valence-corrected chi connectivity index (χ1v) is 7.48. The zero-order valence-corrected chi connectivity index (χ0v) is 12.7. The van der Waals surface area contributed by atoms with Crippen molar-refractivity contribution in [1.29, 1.82) is 0 Å². The van der Waals surface area contributed by atoms with Crippen molar-refractivity contribution in [3.05, 3.63) is 48.0 Å². The first kappa shape index (κ1) is 16.1. The van der Waals surface area contributed by atoms with E-state index in [-0.39, 0.29) is 24.9 Å². The third-order valence-electron chi connectivity index (χ3n) is 3.02. The van der Waals surface area contributed by atoms with Gasteiger partial charge in [-0.05, 0) is 16.8 Å². The van der Waals surface area contributed by atoms with Crippen LogP contribution < -0.4 is 10.6 Å². The standard InChI is InChI=1S/C16H17ClN2O3/c17-8-11-22-16(21)19-10-9-18-15(20)14-7-3-5-12-4-1-2-6-13(12)14/h1-7H,8-11H2,(H,18,20)(H,19,21). The smallest absolute Gasteiger partial charge is 0.407 e. The largest absolute Gasteiger partial charge is 0.448 e. The number of carbonyl (C=O) groups is 2. The van der Waals surface area contributed by atoms with Gasteiger partial charge in [-0.1, -0.05) is 36.4 Å². The van der Waals surface area contributed by atoms with E-state index in [1.165, 1.54) is 0 Å². The zero-order valence-electron chi connectivity index (χ0n) is 12.0. The van der Waals surface area contributed by atoms with Crippen molar-refractivity contribution in [2.24, 2.45) is 0 Å². The summed E-state index contributed by atoms with van der Waals surface area (Å²) in [6.45, 7) is 0.769. The lowest BCUT2D eigenvalue weighted by molar-refractivity contribution is 0.0954. The van der Waals surface area contributed by atoms with Gasteiger partial charge in [0.05, 0.1) is 5.88 Å². The van der Waals surface area contributed by atoms with Crippen LogP contribution >= 0.6 is 11.6 Å². The Balaban J connectivity index is 1.86. The second-order valence-corrected chi connectivity index (χ2v) is 4.91. The molecule has 2 amide bonds. The lowest BCUT2D eigenvalue weighted by atomic mass is 10.0. The first-order valence-electron chi connectivity index (χ1n) is 6.95. The van der Waals surface area contributed by atoms with E-state index in [2.05, 4.69) is 10.6 Å².